The molecular formula is C8H21OPS2. The molecule has 0 saturated carbocycles. The first-order valence-corrected chi connectivity index (χ1v) is 9.51. The van der Waals surface area contributed by atoms with Crippen molar-refractivity contribution in [1.29, 1.82) is 0 Å². The Labute approximate surface area is 86.7 Å². The van der Waals surface area contributed by atoms with Gasteiger partial charge in [-0.25, -0.2) is 0 Å². The third kappa shape index (κ3) is 6.59. The van der Waals surface area contributed by atoms with Crippen LogP contribution < -0.4 is 0 Å². The summed E-state index contributed by atoms with van der Waals surface area (Å²) in [7, 11) is 0. The van der Waals surface area contributed by atoms with Crippen LogP contribution in [0.1, 0.15) is 39.5 Å². The Hall–Kier alpha value is 1.09. The van der Waals surface area contributed by atoms with Crippen molar-refractivity contribution >= 4 is 29.7 Å². The Morgan fingerprint density at radius 2 is 1.33 bits per heavy atom. The van der Waals surface area contributed by atoms with Gasteiger partial charge in [-0.2, -0.15) is 0 Å². The molecule has 0 saturated heterocycles. The van der Waals surface area contributed by atoms with E-state index in [1.165, 1.54) is 0 Å². The van der Waals surface area contributed by atoms with Crippen LogP contribution in [0, 0.1) is 0 Å². The molecule has 0 heterocycles. The molecule has 0 spiro atoms. The topological polar surface area (TPSA) is 20.2 Å². The molecule has 1 N–H and O–H groups in total. The van der Waals surface area contributed by atoms with Crippen LogP contribution >= 0.6 is 29.7 Å². The second-order valence-electron chi connectivity index (χ2n) is 3.49. The first kappa shape index (κ1) is 13.1. The monoisotopic (exact) mass is 228 g/mol. The van der Waals surface area contributed by atoms with Gasteiger partial charge in [0.15, 0.2) is 0 Å². The van der Waals surface area contributed by atoms with Crippen LogP contribution in [0.25, 0.3) is 0 Å². The normalized spacial score (nSPS) is 15.6. The summed E-state index contributed by atoms with van der Waals surface area (Å²) in [5.74, 6) is 0. The van der Waals surface area contributed by atoms with Crippen molar-refractivity contribution in [2.24, 2.45) is 0 Å². The molecule has 0 rings (SSSR count). The third-order valence-corrected chi connectivity index (χ3v) is 6.80. The Bertz CT molecular complexity index is 119. The summed E-state index contributed by atoms with van der Waals surface area (Å²) in [6.45, 7) is 4.24. The van der Waals surface area contributed by atoms with Gasteiger partial charge in [0.05, 0.1) is 0 Å². The van der Waals surface area contributed by atoms with Crippen LogP contribution in [0.4, 0.5) is 0 Å². The van der Waals surface area contributed by atoms with E-state index in [0.29, 0.717) is 0 Å². The zero-order valence-corrected chi connectivity index (χ0v) is 10.7. The van der Waals surface area contributed by atoms with Crippen LogP contribution in [0.2, 0.25) is 0 Å². The Kier molecular flexibility index (Phi) is 5.55. The molecular weight excluding hydrogens is 207 g/mol. The summed E-state index contributed by atoms with van der Waals surface area (Å²) in [5.41, 5.74) is 0. The molecule has 0 aliphatic heterocycles. The molecule has 0 bridgehead atoms. The van der Waals surface area contributed by atoms with Gasteiger partial charge in [-0.1, -0.05) is 0 Å². The molecule has 12 heavy (non-hydrogen) atoms. The van der Waals surface area contributed by atoms with E-state index >= 15 is 0 Å². The number of thiol groups is 2. The van der Waals surface area contributed by atoms with Gasteiger partial charge in [0, 0.05) is 0 Å². The number of hydrogen-bond acceptors (Lipinski definition) is 3. The molecule has 0 atom stereocenters. The molecule has 0 unspecified atom stereocenters. The molecule has 0 aromatic heterocycles. The first-order chi connectivity index (χ1) is 5.39. The predicted molar refractivity (Wildman–Crippen MR) is 66.7 cm³/mol. The van der Waals surface area contributed by atoms with Gasteiger partial charge in [-0.15, -0.1) is 0 Å². The molecule has 0 aromatic carbocycles. The summed E-state index contributed by atoms with van der Waals surface area (Å²) in [6.07, 6.45) is 5.84. The second-order valence-corrected chi connectivity index (χ2v) is 13.7. The first-order valence-electron chi connectivity index (χ1n) is 4.65. The molecule has 0 aliphatic rings. The molecule has 0 radical (unpaired) electrons. The molecule has 0 fully saturated rings. The maximum atomic E-state index is 10.1. The van der Waals surface area contributed by atoms with Gasteiger partial charge >= 0.3 is 86.5 Å². The van der Waals surface area contributed by atoms with Gasteiger partial charge in [0.25, 0.3) is 0 Å². The van der Waals surface area contributed by atoms with Crippen LogP contribution in [0.15, 0.2) is 0 Å². The number of unbranched alkanes of at least 4 members (excludes halogenated alkanes) is 2. The van der Waals surface area contributed by atoms with E-state index < -0.39 is 5.23 Å². The quantitative estimate of drug-likeness (QED) is 0.467. The summed E-state index contributed by atoms with van der Waals surface area (Å²) in [4.78, 5) is 10.1. The molecule has 4 heteroatoms. The minimum atomic E-state index is -2.82. The fourth-order valence-electron chi connectivity index (χ4n) is 1.08. The van der Waals surface area contributed by atoms with Gasteiger partial charge < -0.3 is 0 Å². The molecule has 0 amide bonds. The molecule has 1 nitrogen and oxygen atoms in total. The van der Waals surface area contributed by atoms with Crippen molar-refractivity contribution in [3.05, 3.63) is 0 Å². The van der Waals surface area contributed by atoms with Crippen molar-refractivity contribution in [1.82, 2.24) is 0 Å². The standard InChI is InChI=1S/C8H21OPS2/c1-3-5-7-10(9,11,12)8-6-4-2/h9,11-12H,3-8H2,1-2H3. The van der Waals surface area contributed by atoms with Crippen molar-refractivity contribution in [2.75, 3.05) is 12.3 Å². The van der Waals surface area contributed by atoms with Crippen molar-refractivity contribution in [3.8, 4) is 0 Å². The summed E-state index contributed by atoms with van der Waals surface area (Å²) >= 11 is 8.72. The average molecular weight is 228 g/mol. The van der Waals surface area contributed by atoms with Crippen LogP contribution in [-0.4, -0.2) is 17.2 Å². The molecule has 76 valence electrons. The summed E-state index contributed by atoms with van der Waals surface area (Å²) in [5, 5.41) is -2.82. The van der Waals surface area contributed by atoms with Crippen molar-refractivity contribution in [2.45, 2.75) is 39.5 Å². The van der Waals surface area contributed by atoms with E-state index in [0.717, 1.165) is 38.0 Å². The Morgan fingerprint density at radius 3 is 1.58 bits per heavy atom. The average Bonchev–Trinajstić information content (AvgIpc) is 1.97. The SMILES string of the molecule is CCCCP(O)(S)(S)CCCC. The van der Waals surface area contributed by atoms with E-state index in [2.05, 4.69) is 38.3 Å². The van der Waals surface area contributed by atoms with Gasteiger partial charge in [0.1, 0.15) is 0 Å². The zero-order valence-electron chi connectivity index (χ0n) is 8.03. The molecule has 0 aliphatic carbocycles. The van der Waals surface area contributed by atoms with Crippen molar-refractivity contribution < 1.29 is 4.89 Å². The number of rotatable bonds is 6. The van der Waals surface area contributed by atoms with E-state index in [4.69, 9.17) is 0 Å². The Morgan fingerprint density at radius 1 is 1.00 bits per heavy atom. The summed E-state index contributed by atoms with van der Waals surface area (Å²) < 4.78 is 0. The van der Waals surface area contributed by atoms with Gasteiger partial charge in [-0.05, 0) is 0 Å². The second kappa shape index (κ2) is 5.09. The van der Waals surface area contributed by atoms with Crippen LogP contribution in [-0.2, 0) is 0 Å². The van der Waals surface area contributed by atoms with E-state index in [1.807, 2.05) is 0 Å². The minimum absolute atomic E-state index is 0.786. The predicted octanol–water partition coefficient (Wildman–Crippen LogP) is 3.74. The Balaban J connectivity index is 3.90. The fourth-order valence-corrected chi connectivity index (χ4v) is 4.92. The van der Waals surface area contributed by atoms with E-state index in [9.17, 15) is 4.89 Å². The molecule has 0 aromatic rings. The van der Waals surface area contributed by atoms with Gasteiger partial charge in [0.2, 0.25) is 0 Å². The van der Waals surface area contributed by atoms with Crippen LogP contribution in [0.5, 0.6) is 0 Å². The van der Waals surface area contributed by atoms with Crippen LogP contribution in [0.3, 0.4) is 0 Å². The van der Waals surface area contributed by atoms with Crippen molar-refractivity contribution in [3.63, 3.8) is 0 Å². The fraction of sp³-hybridized carbons (Fsp3) is 1.00. The third-order valence-electron chi connectivity index (χ3n) is 1.94. The maximum absolute atomic E-state index is 10.1. The zero-order chi connectivity index (χ0) is 9.69. The van der Waals surface area contributed by atoms with E-state index in [1.54, 1.807) is 0 Å². The number of hydrogen-bond donors (Lipinski definition) is 3. The van der Waals surface area contributed by atoms with Gasteiger partial charge in [-0.3, -0.25) is 0 Å². The van der Waals surface area contributed by atoms with E-state index in [-0.39, 0.29) is 0 Å². The summed E-state index contributed by atoms with van der Waals surface area (Å²) in [6, 6.07) is 0.